The van der Waals surface area contributed by atoms with Crippen LogP contribution in [0.25, 0.3) is 0 Å². The number of aromatic amines is 1. The summed E-state index contributed by atoms with van der Waals surface area (Å²) in [6.45, 7) is 0.794. The van der Waals surface area contributed by atoms with Crippen molar-refractivity contribution >= 4 is 17.4 Å². The fourth-order valence-electron chi connectivity index (χ4n) is 2.47. The van der Waals surface area contributed by atoms with E-state index in [0.29, 0.717) is 0 Å². The lowest BCUT2D eigenvalue weighted by Gasteiger charge is -2.14. The first-order chi connectivity index (χ1) is 9.42. The molecule has 0 radical (unpaired) electrons. The van der Waals surface area contributed by atoms with E-state index in [2.05, 4.69) is 39.6 Å². The fraction of sp³-hybridized carbons (Fsp3) is 0.400. The van der Waals surface area contributed by atoms with Gasteiger partial charge in [0, 0.05) is 22.0 Å². The molecule has 3 rings (SSSR count). The number of nitrogens with zero attached hydrogens (tertiary/aromatic N) is 1. The minimum absolute atomic E-state index is 0.794. The number of para-hydroxylation sites is 1. The first-order valence-corrected chi connectivity index (χ1v) is 7.76. The van der Waals surface area contributed by atoms with Gasteiger partial charge >= 0.3 is 0 Å². The van der Waals surface area contributed by atoms with Gasteiger partial charge in [-0.1, -0.05) is 25.0 Å². The van der Waals surface area contributed by atoms with Gasteiger partial charge in [0.25, 0.3) is 0 Å². The average molecular weight is 273 g/mol. The molecule has 3 nitrogen and oxygen atoms in total. The Bertz CT molecular complexity index is 504. The molecule has 1 aromatic carbocycles. The summed E-state index contributed by atoms with van der Waals surface area (Å²) in [5, 5.41) is 4.30. The van der Waals surface area contributed by atoms with Crippen LogP contribution < -0.4 is 5.32 Å². The van der Waals surface area contributed by atoms with E-state index in [0.717, 1.165) is 17.5 Å². The van der Waals surface area contributed by atoms with Crippen LogP contribution in [-0.2, 0) is 6.54 Å². The van der Waals surface area contributed by atoms with Crippen molar-refractivity contribution in [1.82, 2.24) is 9.97 Å². The Labute approximate surface area is 118 Å². The van der Waals surface area contributed by atoms with Gasteiger partial charge in [0.05, 0.1) is 18.6 Å². The number of hydrogen-bond acceptors (Lipinski definition) is 3. The van der Waals surface area contributed by atoms with Gasteiger partial charge in [-0.3, -0.25) is 0 Å². The Morgan fingerprint density at radius 3 is 2.89 bits per heavy atom. The topological polar surface area (TPSA) is 40.7 Å². The van der Waals surface area contributed by atoms with Crippen LogP contribution in [0.15, 0.2) is 41.7 Å². The van der Waals surface area contributed by atoms with Crippen molar-refractivity contribution in [2.24, 2.45) is 0 Å². The van der Waals surface area contributed by atoms with E-state index in [4.69, 9.17) is 0 Å². The third-order valence-electron chi connectivity index (χ3n) is 3.51. The summed E-state index contributed by atoms with van der Waals surface area (Å²) in [5.74, 6) is 0. The summed E-state index contributed by atoms with van der Waals surface area (Å²) >= 11 is 2.03. The molecule has 0 bridgehead atoms. The van der Waals surface area contributed by atoms with Crippen molar-refractivity contribution in [3.8, 4) is 0 Å². The molecule has 1 aliphatic carbocycles. The first-order valence-electron chi connectivity index (χ1n) is 6.88. The molecule has 0 atom stereocenters. The highest BCUT2D eigenvalue weighted by Crippen LogP contribution is 2.38. The zero-order chi connectivity index (χ0) is 12.9. The molecule has 1 aliphatic rings. The van der Waals surface area contributed by atoms with Crippen molar-refractivity contribution < 1.29 is 0 Å². The van der Waals surface area contributed by atoms with Gasteiger partial charge in [0.1, 0.15) is 0 Å². The van der Waals surface area contributed by atoms with Crippen LogP contribution in [0.1, 0.15) is 31.4 Å². The number of aromatic nitrogens is 2. The maximum Gasteiger partial charge on any atom is 0.0922 e. The highest BCUT2D eigenvalue weighted by atomic mass is 32.2. The van der Waals surface area contributed by atoms with E-state index in [1.807, 2.05) is 18.0 Å². The average Bonchev–Trinajstić information content (AvgIpc) is 3.10. The summed E-state index contributed by atoms with van der Waals surface area (Å²) < 4.78 is 0. The maximum absolute atomic E-state index is 4.04. The van der Waals surface area contributed by atoms with Crippen LogP contribution in [0.5, 0.6) is 0 Å². The third-order valence-corrected chi connectivity index (χ3v) is 4.92. The number of H-pyrrole nitrogens is 1. The minimum Gasteiger partial charge on any atom is -0.379 e. The van der Waals surface area contributed by atoms with Gasteiger partial charge in [-0.05, 0) is 25.0 Å². The van der Waals surface area contributed by atoms with Gasteiger partial charge in [0.15, 0.2) is 0 Å². The van der Waals surface area contributed by atoms with E-state index < -0.39 is 0 Å². The Hall–Kier alpha value is -1.42. The molecule has 2 aromatic rings. The number of anilines is 1. The van der Waals surface area contributed by atoms with Gasteiger partial charge in [-0.15, -0.1) is 11.8 Å². The summed E-state index contributed by atoms with van der Waals surface area (Å²) in [7, 11) is 0. The molecule has 4 heteroatoms. The first kappa shape index (κ1) is 12.6. The van der Waals surface area contributed by atoms with E-state index in [-0.39, 0.29) is 0 Å². The van der Waals surface area contributed by atoms with Crippen LogP contribution in [0.2, 0.25) is 0 Å². The molecule has 2 N–H and O–H groups in total. The Balaban J connectivity index is 1.66. The van der Waals surface area contributed by atoms with Crippen LogP contribution in [-0.4, -0.2) is 15.2 Å². The molecule has 0 unspecified atom stereocenters. The number of imidazole rings is 1. The Kier molecular flexibility index (Phi) is 4.08. The quantitative estimate of drug-likeness (QED) is 0.863. The van der Waals surface area contributed by atoms with Crippen LogP contribution >= 0.6 is 11.8 Å². The molecule has 1 aromatic heterocycles. The van der Waals surface area contributed by atoms with Crippen molar-refractivity contribution in [2.75, 3.05) is 5.32 Å². The number of hydrogen-bond donors (Lipinski definition) is 2. The molecule has 1 fully saturated rings. The number of thioether (sulfide) groups is 1. The molecular formula is C15H19N3S. The van der Waals surface area contributed by atoms with E-state index in [9.17, 15) is 0 Å². The molecule has 1 heterocycles. The van der Waals surface area contributed by atoms with Crippen molar-refractivity contribution in [3.63, 3.8) is 0 Å². The summed E-state index contributed by atoms with van der Waals surface area (Å²) in [6, 6.07) is 8.60. The van der Waals surface area contributed by atoms with E-state index >= 15 is 0 Å². The lowest BCUT2D eigenvalue weighted by atomic mass is 10.3. The molecule has 0 saturated heterocycles. The van der Waals surface area contributed by atoms with Gasteiger partial charge < -0.3 is 10.3 Å². The Morgan fingerprint density at radius 2 is 2.11 bits per heavy atom. The zero-order valence-electron chi connectivity index (χ0n) is 10.9. The minimum atomic E-state index is 0.794. The standard InChI is InChI=1S/C15H19N3S/c1-2-6-13(5-1)19-15-8-4-3-7-14(15)17-10-12-9-16-11-18-12/h3-4,7-9,11,13,17H,1-2,5-6,10H2,(H,16,18). The Morgan fingerprint density at radius 1 is 1.26 bits per heavy atom. The number of nitrogens with one attached hydrogen (secondary N) is 2. The summed E-state index contributed by atoms with van der Waals surface area (Å²) in [6.07, 6.45) is 9.08. The molecule has 1 saturated carbocycles. The van der Waals surface area contributed by atoms with E-state index in [1.54, 1.807) is 6.33 Å². The third kappa shape index (κ3) is 3.32. The van der Waals surface area contributed by atoms with Crippen LogP contribution in [0.4, 0.5) is 5.69 Å². The molecule has 0 amide bonds. The summed E-state index contributed by atoms with van der Waals surface area (Å²) in [5.41, 5.74) is 2.34. The normalized spacial score (nSPS) is 15.8. The molecular weight excluding hydrogens is 254 g/mol. The predicted octanol–water partition coefficient (Wildman–Crippen LogP) is 4.06. The van der Waals surface area contributed by atoms with Crippen LogP contribution in [0, 0.1) is 0 Å². The number of benzene rings is 1. The fourth-order valence-corrected chi connectivity index (χ4v) is 3.83. The predicted molar refractivity (Wildman–Crippen MR) is 80.5 cm³/mol. The van der Waals surface area contributed by atoms with Gasteiger partial charge in [0.2, 0.25) is 0 Å². The molecule has 0 aliphatic heterocycles. The van der Waals surface area contributed by atoms with Gasteiger partial charge in [-0.25, -0.2) is 4.98 Å². The monoisotopic (exact) mass is 273 g/mol. The second-order valence-electron chi connectivity index (χ2n) is 4.95. The molecule has 19 heavy (non-hydrogen) atoms. The lowest BCUT2D eigenvalue weighted by Crippen LogP contribution is -2.02. The maximum atomic E-state index is 4.04. The van der Waals surface area contributed by atoms with Crippen molar-refractivity contribution in [1.29, 1.82) is 0 Å². The van der Waals surface area contributed by atoms with E-state index in [1.165, 1.54) is 36.3 Å². The largest absolute Gasteiger partial charge is 0.379 e. The smallest absolute Gasteiger partial charge is 0.0922 e. The highest BCUT2D eigenvalue weighted by molar-refractivity contribution is 8.00. The summed E-state index contributed by atoms with van der Waals surface area (Å²) in [4.78, 5) is 8.53. The number of rotatable bonds is 5. The second-order valence-corrected chi connectivity index (χ2v) is 6.29. The van der Waals surface area contributed by atoms with Crippen molar-refractivity contribution in [3.05, 3.63) is 42.5 Å². The van der Waals surface area contributed by atoms with Crippen molar-refractivity contribution in [2.45, 2.75) is 42.4 Å². The molecule has 0 spiro atoms. The highest BCUT2D eigenvalue weighted by Gasteiger charge is 2.17. The van der Waals surface area contributed by atoms with Gasteiger partial charge in [-0.2, -0.15) is 0 Å². The lowest BCUT2D eigenvalue weighted by molar-refractivity contribution is 0.886. The zero-order valence-corrected chi connectivity index (χ0v) is 11.7. The SMILES string of the molecule is c1ccc(SC2CCCC2)c(NCc2cnc[nH]2)c1. The van der Waals surface area contributed by atoms with Crippen LogP contribution in [0.3, 0.4) is 0 Å². The second kappa shape index (κ2) is 6.15. The molecule has 100 valence electrons.